The summed E-state index contributed by atoms with van der Waals surface area (Å²) in [6.07, 6.45) is 0. The maximum absolute atomic E-state index is 0. The van der Waals surface area contributed by atoms with Crippen LogP contribution in [0.25, 0.3) is 0 Å². The van der Waals surface area contributed by atoms with Crippen LogP contribution >= 0.6 is 0 Å². The third kappa shape index (κ3) is 69.3. The Morgan fingerprint density at radius 1 is 0.778 bits per heavy atom. The van der Waals surface area contributed by atoms with E-state index in [2.05, 4.69) is 0 Å². The van der Waals surface area contributed by atoms with E-state index >= 15 is 0 Å². The second kappa shape index (κ2) is 83.3. The minimum absolute atomic E-state index is 0. The fourth-order valence-electron chi connectivity index (χ4n) is 0. The van der Waals surface area contributed by atoms with Crippen molar-refractivity contribution < 1.29 is 91.2 Å². The van der Waals surface area contributed by atoms with E-state index in [9.17, 15) is 0 Å². The third-order valence-corrected chi connectivity index (χ3v) is 0. The SMILES string of the molecule is O.O.O.O.[BiH3].[H-].[H-].[Nb].[Sr+2].[Ta].[Ti]. The van der Waals surface area contributed by atoms with Crippen molar-refractivity contribution in [2.24, 2.45) is 0 Å². The first-order valence-corrected chi connectivity index (χ1v) is 0. The summed E-state index contributed by atoms with van der Waals surface area (Å²) in [7, 11) is 0. The first kappa shape index (κ1) is 106. The van der Waals surface area contributed by atoms with Gasteiger partial charge in [-0.25, -0.2) is 0 Å². The molecular formula is H13BiNbO4SrTaTi. The molecule has 0 atom stereocenters. The molecule has 0 aliphatic rings. The van der Waals surface area contributed by atoms with Crippen molar-refractivity contribution >= 4 is 71.7 Å². The summed E-state index contributed by atoms with van der Waals surface area (Å²) in [4.78, 5) is 0. The fraction of sp³-hybridized carbons (Fsp3) is 0. The quantitative estimate of drug-likeness (QED) is 0.227. The summed E-state index contributed by atoms with van der Waals surface area (Å²) in [6.45, 7) is 0. The zero-order valence-corrected chi connectivity index (χ0v) is 20.8. The third-order valence-electron chi connectivity index (χ3n) is 0. The van der Waals surface area contributed by atoms with E-state index in [1.165, 1.54) is 0 Å². The van der Waals surface area contributed by atoms with Gasteiger partial charge >= 0.3 is 71.7 Å². The predicted octanol–water partition coefficient (Wildman–Crippen LogP) is -4.65. The molecule has 0 saturated heterocycles. The van der Waals surface area contributed by atoms with Crippen molar-refractivity contribution in [1.82, 2.24) is 0 Å². The zero-order valence-electron chi connectivity index (χ0n) is 6.81. The molecule has 0 spiro atoms. The first-order chi connectivity index (χ1) is 0. The maximum Gasteiger partial charge on any atom is 2.00 e. The molecule has 0 aromatic rings. The average Bonchev–Trinajstić information content (AvgIpc) is 0. The van der Waals surface area contributed by atoms with Gasteiger partial charge in [-0.15, -0.1) is 0 Å². The van der Waals surface area contributed by atoms with E-state index in [1.54, 1.807) is 0 Å². The van der Waals surface area contributed by atoms with Gasteiger partial charge in [0.1, 0.15) is 0 Å². The van der Waals surface area contributed by atoms with Crippen LogP contribution in [0.2, 0.25) is 0 Å². The van der Waals surface area contributed by atoms with Crippen LogP contribution in [0.5, 0.6) is 0 Å². The number of hydrogen-bond acceptors (Lipinski definition) is 0. The van der Waals surface area contributed by atoms with Crippen LogP contribution in [0, 0.1) is 0 Å². The van der Waals surface area contributed by atoms with Crippen LogP contribution in [0.1, 0.15) is 2.85 Å². The summed E-state index contributed by atoms with van der Waals surface area (Å²) in [5.74, 6) is 0. The molecule has 4 nitrogen and oxygen atoms in total. The van der Waals surface area contributed by atoms with Crippen LogP contribution in [0.4, 0.5) is 0 Å². The van der Waals surface area contributed by atoms with Crippen LogP contribution < -0.4 is 0 Å². The van der Waals surface area contributed by atoms with Crippen molar-refractivity contribution in [3.8, 4) is 0 Å². The second-order valence-corrected chi connectivity index (χ2v) is 0. The van der Waals surface area contributed by atoms with Crippen LogP contribution in [-0.2, 0) is 66.5 Å². The van der Waals surface area contributed by atoms with Gasteiger partial charge in [0, 0.05) is 66.5 Å². The molecule has 0 fully saturated rings. The molecule has 0 rings (SSSR count). The molecule has 9 heteroatoms. The van der Waals surface area contributed by atoms with E-state index in [1.807, 2.05) is 0 Å². The normalized spacial score (nSPS) is 0. The van der Waals surface area contributed by atoms with Crippen molar-refractivity contribution in [2.45, 2.75) is 0 Å². The van der Waals surface area contributed by atoms with Gasteiger partial charge in [-0.2, -0.15) is 0 Å². The Bertz CT molecular complexity index is 28.1. The maximum atomic E-state index is 0. The van der Waals surface area contributed by atoms with Gasteiger partial charge < -0.3 is 24.8 Å². The smallest absolute Gasteiger partial charge is 1.00 e. The molecule has 8 N–H and O–H groups in total. The van der Waals surface area contributed by atoms with Crippen molar-refractivity contribution in [2.75, 3.05) is 0 Å². The molecule has 2 radical (unpaired) electrons. The minimum atomic E-state index is 0. The van der Waals surface area contributed by atoms with Crippen molar-refractivity contribution in [3.05, 3.63) is 0 Å². The Balaban J connectivity index is 0. The number of rotatable bonds is 0. The standard InChI is InChI=1S/Bi.Nb.4H2O.Sr.Ta.Ti.5H/h;;4*1H2;;;;;;;;/q;;;;;;+2;;;;;;2*-1. The number of hydrogen-bond donors (Lipinski definition) is 0. The minimum Gasteiger partial charge on any atom is -1.00 e. The molecule has 0 saturated carbocycles. The Kier molecular flexibility index (Phi) is 985. The van der Waals surface area contributed by atoms with Crippen LogP contribution in [0.3, 0.4) is 0 Å². The Morgan fingerprint density at radius 2 is 0.778 bits per heavy atom. The van der Waals surface area contributed by atoms with E-state index in [-0.39, 0.29) is 163 Å². The summed E-state index contributed by atoms with van der Waals surface area (Å²) >= 11 is 0. The zero-order chi connectivity index (χ0) is 0. The van der Waals surface area contributed by atoms with Gasteiger partial charge in [-0.1, -0.05) is 0 Å². The van der Waals surface area contributed by atoms with Crippen molar-refractivity contribution in [3.63, 3.8) is 0 Å². The molecule has 0 aromatic carbocycles. The van der Waals surface area contributed by atoms with E-state index in [4.69, 9.17) is 0 Å². The van der Waals surface area contributed by atoms with Gasteiger partial charge in [0.05, 0.1) is 0 Å². The summed E-state index contributed by atoms with van der Waals surface area (Å²) in [5.41, 5.74) is 0. The first-order valence-electron chi connectivity index (χ1n) is 0. The molecule has 0 aliphatic carbocycles. The van der Waals surface area contributed by atoms with Crippen LogP contribution in [0.15, 0.2) is 0 Å². The summed E-state index contributed by atoms with van der Waals surface area (Å²) < 4.78 is 0. The Labute approximate surface area is 159 Å². The fourth-order valence-corrected chi connectivity index (χ4v) is 0. The summed E-state index contributed by atoms with van der Waals surface area (Å²) in [5, 5.41) is 0. The molecule has 0 amide bonds. The van der Waals surface area contributed by atoms with Gasteiger partial charge in [0.15, 0.2) is 0 Å². The van der Waals surface area contributed by atoms with E-state index in [0.717, 1.165) is 0 Å². The Hall–Kier alpha value is 4.40. The van der Waals surface area contributed by atoms with E-state index < -0.39 is 0 Å². The van der Waals surface area contributed by atoms with Crippen molar-refractivity contribution in [1.29, 1.82) is 0 Å². The Morgan fingerprint density at radius 3 is 0.778 bits per heavy atom. The average molecular weight is 695 g/mol. The molecule has 0 aliphatic heterocycles. The molecular weight excluding hydrogens is 682 g/mol. The second-order valence-electron chi connectivity index (χ2n) is 0. The van der Waals surface area contributed by atoms with E-state index in [0.29, 0.717) is 0 Å². The molecule has 0 heterocycles. The van der Waals surface area contributed by atoms with Gasteiger partial charge in [0.2, 0.25) is 0 Å². The molecule has 0 bridgehead atoms. The molecule has 0 unspecified atom stereocenters. The molecule has 0 aromatic heterocycles. The molecule has 58 valence electrons. The van der Waals surface area contributed by atoms with Gasteiger partial charge in [-0.3, -0.25) is 0 Å². The predicted molar refractivity (Wildman–Crippen MR) is 32.4 cm³/mol. The van der Waals surface area contributed by atoms with Gasteiger partial charge in [0.25, 0.3) is 0 Å². The monoisotopic (exact) mass is 696 g/mol. The van der Waals surface area contributed by atoms with Gasteiger partial charge in [-0.05, 0) is 0 Å². The topological polar surface area (TPSA) is 126 Å². The summed E-state index contributed by atoms with van der Waals surface area (Å²) in [6, 6.07) is 0. The largest absolute Gasteiger partial charge is 2.00 e. The molecule has 9 heavy (non-hydrogen) atoms. The van der Waals surface area contributed by atoms with Crippen LogP contribution in [-0.4, -0.2) is 93.6 Å².